The summed E-state index contributed by atoms with van der Waals surface area (Å²) in [6.07, 6.45) is 3.54. The summed E-state index contributed by atoms with van der Waals surface area (Å²) in [4.78, 5) is 8.37. The molecule has 2 aromatic rings. The van der Waals surface area contributed by atoms with Gasteiger partial charge >= 0.3 is 0 Å². The summed E-state index contributed by atoms with van der Waals surface area (Å²) in [5, 5.41) is 0. The van der Waals surface area contributed by atoms with Gasteiger partial charge in [-0.1, -0.05) is 12.1 Å². The Balaban J connectivity index is 0.000000845. The summed E-state index contributed by atoms with van der Waals surface area (Å²) in [5.74, 6) is 0. The van der Waals surface area contributed by atoms with Crippen LogP contribution in [0.1, 0.15) is 0 Å². The molecule has 0 radical (unpaired) electrons. The van der Waals surface area contributed by atoms with E-state index in [1.807, 2.05) is 36.4 Å². The molecule has 2 aromatic heterocycles. The Bertz CT molecular complexity index is 310. The van der Waals surface area contributed by atoms with Crippen molar-refractivity contribution in [3.05, 3.63) is 48.8 Å². The third kappa shape index (κ3) is 2.46. The third-order valence-electron chi connectivity index (χ3n) is 1.59. The first-order valence-electron chi connectivity index (χ1n) is 3.79. The standard InChI is InChI=1S/C10H8N2.W/c1-3-7-11-9(5-1)10-6-2-4-8-12-10;/h1-8H;. The molecule has 0 spiro atoms. The van der Waals surface area contributed by atoms with Gasteiger partial charge in [0.15, 0.2) is 0 Å². The molecule has 64 valence electrons. The van der Waals surface area contributed by atoms with Crippen molar-refractivity contribution in [2.24, 2.45) is 0 Å². The molecule has 13 heavy (non-hydrogen) atoms. The molecule has 2 rings (SSSR count). The van der Waals surface area contributed by atoms with Crippen molar-refractivity contribution in [1.82, 2.24) is 9.97 Å². The molecule has 0 unspecified atom stereocenters. The van der Waals surface area contributed by atoms with Gasteiger partial charge in [0.05, 0.1) is 11.4 Å². The number of pyridine rings is 2. The molecule has 0 bridgehead atoms. The first-order valence-corrected chi connectivity index (χ1v) is 3.79. The second-order valence-corrected chi connectivity index (χ2v) is 2.43. The van der Waals surface area contributed by atoms with E-state index in [4.69, 9.17) is 0 Å². The normalized spacial score (nSPS) is 8.92. The topological polar surface area (TPSA) is 25.8 Å². The van der Waals surface area contributed by atoms with Crippen LogP contribution in [-0.2, 0) is 21.1 Å². The molecule has 3 heteroatoms. The molecule has 2 nitrogen and oxygen atoms in total. The molecule has 0 aromatic carbocycles. The van der Waals surface area contributed by atoms with Gasteiger partial charge in [0.2, 0.25) is 0 Å². The Labute approximate surface area is 91.3 Å². The number of hydrogen-bond donors (Lipinski definition) is 0. The Morgan fingerprint density at radius 2 is 1.15 bits per heavy atom. The van der Waals surface area contributed by atoms with Crippen molar-refractivity contribution in [3.8, 4) is 11.4 Å². The number of aromatic nitrogens is 2. The van der Waals surface area contributed by atoms with E-state index in [0.29, 0.717) is 0 Å². The Morgan fingerprint density at radius 1 is 0.692 bits per heavy atom. The van der Waals surface area contributed by atoms with Crippen LogP contribution < -0.4 is 0 Å². The van der Waals surface area contributed by atoms with Crippen molar-refractivity contribution >= 4 is 0 Å². The fourth-order valence-electron chi connectivity index (χ4n) is 1.03. The van der Waals surface area contributed by atoms with Crippen LogP contribution in [0.5, 0.6) is 0 Å². The van der Waals surface area contributed by atoms with E-state index in [1.54, 1.807) is 12.4 Å². The van der Waals surface area contributed by atoms with E-state index in [2.05, 4.69) is 9.97 Å². The predicted octanol–water partition coefficient (Wildman–Crippen LogP) is 2.14. The van der Waals surface area contributed by atoms with E-state index in [1.165, 1.54) is 0 Å². The van der Waals surface area contributed by atoms with Gasteiger partial charge in [0, 0.05) is 33.5 Å². The monoisotopic (exact) mass is 340 g/mol. The summed E-state index contributed by atoms with van der Waals surface area (Å²) >= 11 is 0. The van der Waals surface area contributed by atoms with Crippen molar-refractivity contribution in [1.29, 1.82) is 0 Å². The molecule has 0 N–H and O–H groups in total. The minimum absolute atomic E-state index is 0. The van der Waals surface area contributed by atoms with Crippen LogP contribution in [0.4, 0.5) is 0 Å². The maximum Gasteiger partial charge on any atom is 0.0886 e. The maximum atomic E-state index is 4.19. The molecule has 0 saturated carbocycles. The largest absolute Gasteiger partial charge is 0.255 e. The van der Waals surface area contributed by atoms with Crippen LogP contribution in [-0.4, -0.2) is 9.97 Å². The van der Waals surface area contributed by atoms with E-state index < -0.39 is 0 Å². The molecule has 0 amide bonds. The van der Waals surface area contributed by atoms with E-state index >= 15 is 0 Å². The van der Waals surface area contributed by atoms with Crippen molar-refractivity contribution in [3.63, 3.8) is 0 Å². The molecule has 0 fully saturated rings. The molecule has 0 atom stereocenters. The minimum atomic E-state index is 0. The Morgan fingerprint density at radius 3 is 1.46 bits per heavy atom. The van der Waals surface area contributed by atoms with Gasteiger partial charge in [0.25, 0.3) is 0 Å². The fourth-order valence-corrected chi connectivity index (χ4v) is 1.03. The second-order valence-electron chi connectivity index (χ2n) is 2.43. The summed E-state index contributed by atoms with van der Waals surface area (Å²) in [7, 11) is 0. The molecule has 0 aliphatic heterocycles. The second kappa shape index (κ2) is 4.88. The number of rotatable bonds is 1. The first kappa shape index (κ1) is 10.1. The number of hydrogen-bond acceptors (Lipinski definition) is 2. The van der Waals surface area contributed by atoms with E-state index in [9.17, 15) is 0 Å². The molecule has 0 saturated heterocycles. The molecule has 0 aliphatic rings. The van der Waals surface area contributed by atoms with Crippen LogP contribution in [0.15, 0.2) is 48.8 Å². The van der Waals surface area contributed by atoms with Gasteiger partial charge in [-0.25, -0.2) is 0 Å². The third-order valence-corrected chi connectivity index (χ3v) is 1.59. The maximum absolute atomic E-state index is 4.19. The predicted molar refractivity (Wildman–Crippen MR) is 47.5 cm³/mol. The average Bonchev–Trinajstić information content (AvgIpc) is 2.21. The van der Waals surface area contributed by atoms with Gasteiger partial charge in [-0.05, 0) is 24.3 Å². The zero-order valence-corrected chi connectivity index (χ0v) is 9.85. The van der Waals surface area contributed by atoms with Crippen LogP contribution in [0.2, 0.25) is 0 Å². The molecule has 0 aliphatic carbocycles. The van der Waals surface area contributed by atoms with Gasteiger partial charge in [-0.2, -0.15) is 0 Å². The van der Waals surface area contributed by atoms with Gasteiger partial charge < -0.3 is 0 Å². The number of nitrogens with zero attached hydrogens (tertiary/aromatic N) is 2. The SMILES string of the molecule is [W].c1ccc(-c2ccccn2)nc1. The van der Waals surface area contributed by atoms with Crippen LogP contribution in [0.3, 0.4) is 0 Å². The summed E-state index contributed by atoms with van der Waals surface area (Å²) in [5.41, 5.74) is 1.83. The van der Waals surface area contributed by atoms with Crippen LogP contribution in [0, 0.1) is 0 Å². The van der Waals surface area contributed by atoms with Gasteiger partial charge in [-0.15, -0.1) is 0 Å². The van der Waals surface area contributed by atoms with Crippen molar-refractivity contribution in [2.45, 2.75) is 0 Å². The smallest absolute Gasteiger partial charge is 0.0886 e. The molecular formula is C10H8N2W. The van der Waals surface area contributed by atoms with E-state index in [-0.39, 0.29) is 21.1 Å². The quantitative estimate of drug-likeness (QED) is 0.795. The Kier molecular flexibility index (Phi) is 3.78. The van der Waals surface area contributed by atoms with Gasteiger partial charge in [-0.3, -0.25) is 9.97 Å². The molecule has 2 heterocycles. The van der Waals surface area contributed by atoms with Gasteiger partial charge in [0.1, 0.15) is 0 Å². The summed E-state index contributed by atoms with van der Waals surface area (Å²) in [6.45, 7) is 0. The fraction of sp³-hybridized carbons (Fsp3) is 0. The van der Waals surface area contributed by atoms with Crippen molar-refractivity contribution in [2.75, 3.05) is 0 Å². The average molecular weight is 340 g/mol. The minimum Gasteiger partial charge on any atom is -0.255 e. The van der Waals surface area contributed by atoms with Crippen LogP contribution in [0.25, 0.3) is 11.4 Å². The Hall–Kier alpha value is -1.01. The zero-order chi connectivity index (χ0) is 8.23. The van der Waals surface area contributed by atoms with Crippen molar-refractivity contribution < 1.29 is 21.1 Å². The first-order chi connectivity index (χ1) is 5.97. The molecular weight excluding hydrogens is 332 g/mol. The van der Waals surface area contributed by atoms with Crippen LogP contribution >= 0.6 is 0 Å². The summed E-state index contributed by atoms with van der Waals surface area (Å²) < 4.78 is 0. The van der Waals surface area contributed by atoms with E-state index in [0.717, 1.165) is 11.4 Å². The zero-order valence-electron chi connectivity index (χ0n) is 6.92. The summed E-state index contributed by atoms with van der Waals surface area (Å²) in [6, 6.07) is 11.6.